The van der Waals surface area contributed by atoms with Gasteiger partial charge in [0.25, 0.3) is 0 Å². The Morgan fingerprint density at radius 2 is 1.68 bits per heavy atom. The normalized spacial score (nSPS) is 12.0. The minimum Gasteiger partial charge on any atom is -0.493 e. The molecule has 4 heteroatoms. The lowest BCUT2D eigenvalue weighted by Crippen LogP contribution is -2.34. The number of aliphatic hydroxyl groups is 1. The van der Waals surface area contributed by atoms with Crippen molar-refractivity contribution in [3.63, 3.8) is 0 Å². The molecule has 0 aromatic heterocycles. The Kier molecular flexibility index (Phi) is 6.25. The Hall–Kier alpha value is -2.04. The smallest absolute Gasteiger partial charge is 0.160 e. The van der Waals surface area contributed by atoms with Crippen molar-refractivity contribution in [2.75, 3.05) is 20.8 Å². The van der Waals surface area contributed by atoms with Gasteiger partial charge in [0.1, 0.15) is 0 Å². The summed E-state index contributed by atoms with van der Waals surface area (Å²) in [6.45, 7) is 0.820. The first-order valence-corrected chi connectivity index (χ1v) is 7.36. The fourth-order valence-electron chi connectivity index (χ4n) is 2.35. The maximum absolute atomic E-state index is 9.57. The first-order chi connectivity index (χ1) is 10.8. The topological polar surface area (TPSA) is 50.7 Å². The molecule has 2 N–H and O–H groups in total. The van der Waals surface area contributed by atoms with Crippen molar-refractivity contribution in [3.05, 3.63) is 59.7 Å². The molecule has 0 aliphatic carbocycles. The van der Waals surface area contributed by atoms with E-state index in [1.807, 2.05) is 36.4 Å². The molecule has 4 nitrogen and oxygen atoms in total. The lowest BCUT2D eigenvalue weighted by Gasteiger charge is -2.17. The summed E-state index contributed by atoms with van der Waals surface area (Å²) in [6, 6.07) is 16.0. The molecule has 1 atom stereocenters. The summed E-state index contributed by atoms with van der Waals surface area (Å²) in [4.78, 5) is 0. The van der Waals surface area contributed by atoms with E-state index in [1.165, 1.54) is 5.56 Å². The zero-order chi connectivity index (χ0) is 15.8. The summed E-state index contributed by atoms with van der Waals surface area (Å²) in [5, 5.41) is 13.0. The number of rotatable bonds is 8. The van der Waals surface area contributed by atoms with E-state index in [-0.39, 0.29) is 12.6 Å². The van der Waals surface area contributed by atoms with Crippen LogP contribution in [0.15, 0.2) is 48.5 Å². The zero-order valence-electron chi connectivity index (χ0n) is 13.1. The van der Waals surface area contributed by atoms with Gasteiger partial charge >= 0.3 is 0 Å². The molecular weight excluding hydrogens is 278 g/mol. The third kappa shape index (κ3) is 4.48. The van der Waals surface area contributed by atoms with Crippen LogP contribution in [0, 0.1) is 0 Å². The Morgan fingerprint density at radius 3 is 2.32 bits per heavy atom. The summed E-state index contributed by atoms with van der Waals surface area (Å²) in [6.07, 6.45) is 0.726. The number of ether oxygens (including phenoxy) is 2. The number of nitrogens with one attached hydrogen (secondary N) is 1. The molecule has 0 radical (unpaired) electrons. The van der Waals surface area contributed by atoms with Gasteiger partial charge < -0.3 is 19.9 Å². The molecule has 0 saturated carbocycles. The van der Waals surface area contributed by atoms with Crippen LogP contribution in [0.5, 0.6) is 11.5 Å². The minimum absolute atomic E-state index is 0.00157. The Balaban J connectivity index is 1.97. The third-order valence-corrected chi connectivity index (χ3v) is 3.59. The molecule has 2 rings (SSSR count). The summed E-state index contributed by atoms with van der Waals surface area (Å²) in [5.74, 6) is 1.42. The first kappa shape index (κ1) is 16.3. The molecule has 0 aliphatic rings. The van der Waals surface area contributed by atoms with Crippen LogP contribution in [-0.4, -0.2) is 32.0 Å². The van der Waals surface area contributed by atoms with Gasteiger partial charge in [-0.25, -0.2) is 0 Å². The Morgan fingerprint density at radius 1 is 0.955 bits per heavy atom. The van der Waals surface area contributed by atoms with Gasteiger partial charge in [-0.15, -0.1) is 0 Å². The van der Waals surface area contributed by atoms with Crippen molar-refractivity contribution in [1.82, 2.24) is 5.32 Å². The van der Waals surface area contributed by atoms with E-state index in [9.17, 15) is 5.11 Å². The predicted molar refractivity (Wildman–Crippen MR) is 87.4 cm³/mol. The largest absolute Gasteiger partial charge is 0.493 e. The van der Waals surface area contributed by atoms with E-state index < -0.39 is 0 Å². The van der Waals surface area contributed by atoms with Gasteiger partial charge in [-0.05, 0) is 29.7 Å². The van der Waals surface area contributed by atoms with E-state index in [2.05, 4.69) is 17.4 Å². The van der Waals surface area contributed by atoms with Gasteiger partial charge in [0.2, 0.25) is 0 Å². The molecule has 0 aliphatic heterocycles. The standard InChI is InChI=1S/C18H23NO3/c1-21-17-9-8-15(11-18(17)22-2)10-16(13-20)19-12-14-6-4-3-5-7-14/h3-9,11,16,19-20H,10,12-13H2,1-2H3. The summed E-state index contributed by atoms with van der Waals surface area (Å²) in [5.41, 5.74) is 2.30. The van der Waals surface area contributed by atoms with Crippen molar-refractivity contribution in [2.45, 2.75) is 19.0 Å². The molecular formula is C18H23NO3. The van der Waals surface area contributed by atoms with Gasteiger partial charge in [-0.1, -0.05) is 36.4 Å². The van der Waals surface area contributed by atoms with E-state index >= 15 is 0 Å². The van der Waals surface area contributed by atoms with Gasteiger partial charge in [0.05, 0.1) is 20.8 Å². The Bertz CT molecular complexity index is 572. The molecule has 1 unspecified atom stereocenters. The third-order valence-electron chi connectivity index (χ3n) is 3.59. The lowest BCUT2D eigenvalue weighted by molar-refractivity contribution is 0.240. The van der Waals surface area contributed by atoms with Crippen LogP contribution < -0.4 is 14.8 Å². The van der Waals surface area contributed by atoms with E-state index in [1.54, 1.807) is 14.2 Å². The van der Waals surface area contributed by atoms with Crippen LogP contribution in [0.4, 0.5) is 0 Å². The fourth-order valence-corrected chi connectivity index (χ4v) is 2.35. The molecule has 22 heavy (non-hydrogen) atoms. The van der Waals surface area contributed by atoms with Crippen molar-refractivity contribution in [1.29, 1.82) is 0 Å². The average Bonchev–Trinajstić information content (AvgIpc) is 2.59. The molecule has 0 heterocycles. The van der Waals surface area contributed by atoms with Crippen molar-refractivity contribution in [3.8, 4) is 11.5 Å². The number of hydrogen-bond donors (Lipinski definition) is 2. The fraction of sp³-hybridized carbons (Fsp3) is 0.333. The van der Waals surface area contributed by atoms with Crippen LogP contribution in [0.25, 0.3) is 0 Å². The lowest BCUT2D eigenvalue weighted by atomic mass is 10.1. The van der Waals surface area contributed by atoms with Crippen molar-refractivity contribution < 1.29 is 14.6 Å². The second-order valence-corrected chi connectivity index (χ2v) is 5.14. The highest BCUT2D eigenvalue weighted by atomic mass is 16.5. The molecule has 0 saturated heterocycles. The maximum Gasteiger partial charge on any atom is 0.160 e. The molecule has 0 bridgehead atoms. The second kappa shape index (κ2) is 8.41. The van der Waals surface area contributed by atoms with E-state index in [4.69, 9.17) is 9.47 Å². The SMILES string of the molecule is COc1ccc(CC(CO)NCc2ccccc2)cc1OC. The number of benzene rings is 2. The second-order valence-electron chi connectivity index (χ2n) is 5.14. The van der Waals surface area contributed by atoms with Crippen LogP contribution in [-0.2, 0) is 13.0 Å². The van der Waals surface area contributed by atoms with Crippen molar-refractivity contribution in [2.24, 2.45) is 0 Å². The predicted octanol–water partition coefficient (Wildman–Crippen LogP) is 2.40. The minimum atomic E-state index is -0.00157. The maximum atomic E-state index is 9.57. The van der Waals surface area contributed by atoms with Crippen LogP contribution >= 0.6 is 0 Å². The van der Waals surface area contributed by atoms with Gasteiger partial charge in [0.15, 0.2) is 11.5 Å². The highest BCUT2D eigenvalue weighted by Gasteiger charge is 2.11. The Labute approximate surface area is 131 Å². The van der Waals surface area contributed by atoms with Crippen LogP contribution in [0.2, 0.25) is 0 Å². The first-order valence-electron chi connectivity index (χ1n) is 7.36. The monoisotopic (exact) mass is 301 g/mol. The zero-order valence-corrected chi connectivity index (χ0v) is 13.1. The number of aliphatic hydroxyl groups excluding tert-OH is 1. The molecule has 0 fully saturated rings. The number of hydrogen-bond acceptors (Lipinski definition) is 4. The molecule has 118 valence electrons. The molecule has 2 aromatic rings. The average molecular weight is 301 g/mol. The summed E-state index contributed by atoms with van der Waals surface area (Å²) >= 11 is 0. The van der Waals surface area contributed by atoms with Gasteiger partial charge in [-0.2, -0.15) is 0 Å². The summed E-state index contributed by atoms with van der Waals surface area (Å²) in [7, 11) is 3.24. The van der Waals surface area contributed by atoms with Crippen LogP contribution in [0.3, 0.4) is 0 Å². The molecule has 0 spiro atoms. The highest BCUT2D eigenvalue weighted by Crippen LogP contribution is 2.27. The van der Waals surface area contributed by atoms with Gasteiger partial charge in [-0.3, -0.25) is 0 Å². The van der Waals surface area contributed by atoms with Gasteiger partial charge in [0, 0.05) is 12.6 Å². The quantitative estimate of drug-likeness (QED) is 0.786. The van der Waals surface area contributed by atoms with E-state index in [0.717, 1.165) is 18.5 Å². The number of methoxy groups -OCH3 is 2. The molecule has 0 amide bonds. The highest BCUT2D eigenvalue weighted by molar-refractivity contribution is 5.43. The van der Waals surface area contributed by atoms with Crippen LogP contribution in [0.1, 0.15) is 11.1 Å². The summed E-state index contributed by atoms with van der Waals surface area (Å²) < 4.78 is 10.6. The van der Waals surface area contributed by atoms with E-state index in [0.29, 0.717) is 11.5 Å². The molecule has 2 aromatic carbocycles. The van der Waals surface area contributed by atoms with Crippen molar-refractivity contribution >= 4 is 0 Å².